The van der Waals surface area contributed by atoms with Gasteiger partial charge in [0.05, 0.1) is 19.3 Å². The van der Waals surface area contributed by atoms with E-state index in [-0.39, 0.29) is 23.8 Å². The number of ether oxygens (including phenoxy) is 1. The predicted octanol–water partition coefficient (Wildman–Crippen LogP) is 1.33. The van der Waals surface area contributed by atoms with Gasteiger partial charge in [0.15, 0.2) is 0 Å². The third kappa shape index (κ3) is 5.22. The second kappa shape index (κ2) is 9.05. The SMILES string of the molecule is CSC(C(=O)N1CCOC(CN(C)CC(=O)O)C1)c1ccccc1. The molecular formula is C17H24N2O4S. The van der Waals surface area contributed by atoms with Crippen LogP contribution in [0.3, 0.4) is 0 Å². The van der Waals surface area contributed by atoms with E-state index in [1.165, 1.54) is 11.8 Å². The number of amides is 1. The topological polar surface area (TPSA) is 70.1 Å². The van der Waals surface area contributed by atoms with Crippen molar-refractivity contribution in [1.29, 1.82) is 0 Å². The van der Waals surface area contributed by atoms with Gasteiger partial charge in [0, 0.05) is 19.6 Å². The van der Waals surface area contributed by atoms with Crippen molar-refractivity contribution in [3.63, 3.8) is 0 Å². The van der Waals surface area contributed by atoms with Gasteiger partial charge in [-0.25, -0.2) is 0 Å². The van der Waals surface area contributed by atoms with E-state index in [1.54, 1.807) is 11.9 Å². The quantitative estimate of drug-likeness (QED) is 0.798. The number of hydrogen-bond acceptors (Lipinski definition) is 5. The van der Waals surface area contributed by atoms with Gasteiger partial charge in [0.2, 0.25) is 5.91 Å². The number of thioether (sulfide) groups is 1. The maximum atomic E-state index is 12.9. The monoisotopic (exact) mass is 352 g/mol. The summed E-state index contributed by atoms with van der Waals surface area (Å²) in [6, 6.07) is 9.76. The minimum Gasteiger partial charge on any atom is -0.480 e. The molecule has 1 amide bonds. The molecule has 1 aliphatic heterocycles. The predicted molar refractivity (Wildman–Crippen MR) is 94.2 cm³/mol. The number of likely N-dealkylation sites (N-methyl/N-ethyl adjacent to an activating group) is 1. The van der Waals surface area contributed by atoms with Gasteiger partial charge in [-0.05, 0) is 18.9 Å². The minimum absolute atomic E-state index is 0.0364. The van der Waals surface area contributed by atoms with E-state index >= 15 is 0 Å². The molecule has 6 nitrogen and oxygen atoms in total. The van der Waals surface area contributed by atoms with Crippen molar-refractivity contribution < 1.29 is 19.4 Å². The molecule has 0 spiro atoms. The van der Waals surface area contributed by atoms with Crippen LogP contribution in [0.25, 0.3) is 0 Å². The zero-order chi connectivity index (χ0) is 17.5. The molecular weight excluding hydrogens is 328 g/mol. The summed E-state index contributed by atoms with van der Waals surface area (Å²) in [7, 11) is 1.74. The Morgan fingerprint density at radius 1 is 1.42 bits per heavy atom. The number of carbonyl (C=O) groups excluding carboxylic acids is 1. The number of hydrogen-bond donors (Lipinski definition) is 1. The Morgan fingerprint density at radius 2 is 2.12 bits per heavy atom. The average molecular weight is 352 g/mol. The summed E-state index contributed by atoms with van der Waals surface area (Å²) < 4.78 is 5.69. The maximum Gasteiger partial charge on any atom is 0.317 e. The molecule has 1 aromatic rings. The van der Waals surface area contributed by atoms with Crippen molar-refractivity contribution in [3.8, 4) is 0 Å². The molecule has 24 heavy (non-hydrogen) atoms. The van der Waals surface area contributed by atoms with E-state index in [2.05, 4.69) is 0 Å². The lowest BCUT2D eigenvalue weighted by Gasteiger charge is -2.36. The van der Waals surface area contributed by atoms with Crippen LogP contribution in [0.4, 0.5) is 0 Å². The van der Waals surface area contributed by atoms with Crippen LogP contribution in [-0.2, 0) is 14.3 Å². The lowest BCUT2D eigenvalue weighted by Crippen LogP contribution is -2.50. The number of nitrogens with zero attached hydrogens (tertiary/aromatic N) is 2. The van der Waals surface area contributed by atoms with Gasteiger partial charge in [-0.15, -0.1) is 11.8 Å². The van der Waals surface area contributed by atoms with E-state index in [4.69, 9.17) is 9.84 Å². The molecule has 1 aliphatic rings. The molecule has 2 rings (SSSR count). The standard InChI is InChI=1S/C17H24N2O4S/c1-18(12-15(20)21)10-14-11-19(8-9-23-14)17(22)16(24-2)13-6-4-3-5-7-13/h3-7,14,16H,8-12H2,1-2H3,(H,20,21). The van der Waals surface area contributed by atoms with E-state index < -0.39 is 5.97 Å². The smallest absolute Gasteiger partial charge is 0.317 e. The van der Waals surface area contributed by atoms with Crippen molar-refractivity contribution in [2.75, 3.05) is 46.1 Å². The number of carboxylic acids is 1. The third-order valence-electron chi connectivity index (χ3n) is 3.93. The van der Waals surface area contributed by atoms with Gasteiger partial charge in [0.1, 0.15) is 5.25 Å². The van der Waals surface area contributed by atoms with E-state index in [1.807, 2.05) is 41.5 Å². The molecule has 0 saturated carbocycles. The highest BCUT2D eigenvalue weighted by Gasteiger charge is 2.30. The summed E-state index contributed by atoms with van der Waals surface area (Å²) in [6.07, 6.45) is 1.78. The Morgan fingerprint density at radius 3 is 2.75 bits per heavy atom. The lowest BCUT2D eigenvalue weighted by atomic mass is 10.1. The van der Waals surface area contributed by atoms with Crippen molar-refractivity contribution in [2.24, 2.45) is 0 Å². The second-order valence-corrected chi connectivity index (χ2v) is 6.84. The molecule has 0 bridgehead atoms. The van der Waals surface area contributed by atoms with Gasteiger partial charge in [-0.3, -0.25) is 14.5 Å². The highest BCUT2D eigenvalue weighted by Crippen LogP contribution is 2.29. The molecule has 0 aromatic heterocycles. The molecule has 132 valence electrons. The second-order valence-electron chi connectivity index (χ2n) is 5.89. The fourth-order valence-electron chi connectivity index (χ4n) is 2.85. The number of carboxylic acid groups (broad SMARTS) is 1. The third-order valence-corrected chi connectivity index (χ3v) is 4.88. The summed E-state index contributed by atoms with van der Waals surface area (Å²) in [4.78, 5) is 27.2. The fourth-order valence-corrected chi connectivity index (χ4v) is 3.63. The van der Waals surface area contributed by atoms with Crippen molar-refractivity contribution >= 4 is 23.6 Å². The first-order chi connectivity index (χ1) is 11.5. The molecule has 7 heteroatoms. The molecule has 1 aromatic carbocycles. The number of aliphatic carboxylic acids is 1. The van der Waals surface area contributed by atoms with Crippen LogP contribution < -0.4 is 0 Å². The molecule has 2 unspecified atom stereocenters. The summed E-state index contributed by atoms with van der Waals surface area (Å²) in [5.41, 5.74) is 1.00. The summed E-state index contributed by atoms with van der Waals surface area (Å²) in [6.45, 7) is 2.00. The molecule has 2 atom stereocenters. The first-order valence-electron chi connectivity index (χ1n) is 7.89. The van der Waals surface area contributed by atoms with Crippen LogP contribution in [0.1, 0.15) is 10.8 Å². The van der Waals surface area contributed by atoms with Crippen LogP contribution in [0, 0.1) is 0 Å². The van der Waals surface area contributed by atoms with Crippen LogP contribution >= 0.6 is 11.8 Å². The zero-order valence-electron chi connectivity index (χ0n) is 14.1. The summed E-state index contributed by atoms with van der Waals surface area (Å²) in [5, 5.41) is 8.61. The van der Waals surface area contributed by atoms with Gasteiger partial charge in [-0.1, -0.05) is 30.3 Å². The lowest BCUT2D eigenvalue weighted by molar-refractivity contribution is -0.142. The largest absolute Gasteiger partial charge is 0.480 e. The van der Waals surface area contributed by atoms with E-state index in [9.17, 15) is 9.59 Å². The first-order valence-corrected chi connectivity index (χ1v) is 9.18. The van der Waals surface area contributed by atoms with E-state index in [0.29, 0.717) is 26.2 Å². The number of morpholine rings is 1. The van der Waals surface area contributed by atoms with Crippen LogP contribution in [0.2, 0.25) is 0 Å². The minimum atomic E-state index is -0.868. The van der Waals surface area contributed by atoms with Crippen molar-refractivity contribution in [2.45, 2.75) is 11.4 Å². The zero-order valence-corrected chi connectivity index (χ0v) is 14.9. The summed E-state index contributed by atoms with van der Waals surface area (Å²) in [5.74, 6) is -0.782. The Labute approximate surface area is 146 Å². The Hall–Kier alpha value is -1.57. The normalized spacial score (nSPS) is 19.3. The molecule has 1 N–H and O–H groups in total. The molecule has 1 saturated heterocycles. The number of rotatable bonds is 7. The molecule has 1 fully saturated rings. The Bertz CT molecular complexity index is 555. The maximum absolute atomic E-state index is 12.9. The van der Waals surface area contributed by atoms with Crippen molar-refractivity contribution in [1.82, 2.24) is 9.80 Å². The fraction of sp³-hybridized carbons (Fsp3) is 0.529. The van der Waals surface area contributed by atoms with Crippen LogP contribution in [-0.4, -0.2) is 79.0 Å². The van der Waals surface area contributed by atoms with Crippen molar-refractivity contribution in [3.05, 3.63) is 35.9 Å². The average Bonchev–Trinajstić information content (AvgIpc) is 2.56. The first kappa shape index (κ1) is 18.8. The summed E-state index contributed by atoms with van der Waals surface area (Å²) >= 11 is 1.53. The number of carbonyl (C=O) groups is 2. The van der Waals surface area contributed by atoms with Gasteiger partial charge in [-0.2, -0.15) is 0 Å². The highest BCUT2D eigenvalue weighted by atomic mass is 32.2. The van der Waals surface area contributed by atoms with E-state index in [0.717, 1.165) is 5.56 Å². The van der Waals surface area contributed by atoms with Gasteiger partial charge >= 0.3 is 5.97 Å². The Kier molecular flexibility index (Phi) is 7.08. The number of benzene rings is 1. The van der Waals surface area contributed by atoms with Crippen LogP contribution in [0.5, 0.6) is 0 Å². The Balaban J connectivity index is 1.97. The molecule has 0 radical (unpaired) electrons. The van der Waals surface area contributed by atoms with Crippen LogP contribution in [0.15, 0.2) is 30.3 Å². The molecule has 0 aliphatic carbocycles. The van der Waals surface area contributed by atoms with Gasteiger partial charge < -0.3 is 14.7 Å². The highest BCUT2D eigenvalue weighted by molar-refractivity contribution is 7.99. The molecule has 1 heterocycles. The van der Waals surface area contributed by atoms with Gasteiger partial charge in [0.25, 0.3) is 0 Å².